The predicted molar refractivity (Wildman–Crippen MR) is 157 cm³/mol. The Morgan fingerprint density at radius 2 is 1.66 bits per heavy atom. The van der Waals surface area contributed by atoms with Gasteiger partial charge < -0.3 is 19.7 Å². The number of carboxylic acids is 1. The molecule has 0 radical (unpaired) electrons. The van der Waals surface area contributed by atoms with Gasteiger partial charge in [0, 0.05) is 38.9 Å². The number of carboxylic acid groups (broad SMARTS) is 1. The van der Waals surface area contributed by atoms with Crippen LogP contribution in [0.2, 0.25) is 0 Å². The van der Waals surface area contributed by atoms with E-state index >= 15 is 0 Å². The maximum atomic E-state index is 12.3. The normalized spacial score (nSPS) is 13.1. The molecular weight excluding hydrogens is 542 g/mol. The number of aliphatic carboxylic acids is 1. The highest BCUT2D eigenvalue weighted by Gasteiger charge is 2.44. The zero-order valence-corrected chi connectivity index (χ0v) is 24.0. The SMILES string of the molecule is CC(C)C(=O)C(=O)O.Cc1cccc(-c2nc(-c3ccc(SNc4cccc(NC(=O)C5(C)CC5)c4)cc3)no2)n1. The number of hydrogen-bond donors (Lipinski definition) is 3. The molecule has 1 aliphatic carbocycles. The summed E-state index contributed by atoms with van der Waals surface area (Å²) in [7, 11) is 0. The van der Waals surface area contributed by atoms with E-state index in [0.29, 0.717) is 17.4 Å². The van der Waals surface area contributed by atoms with E-state index in [1.54, 1.807) is 13.8 Å². The first-order valence-electron chi connectivity index (χ1n) is 13.0. The summed E-state index contributed by atoms with van der Waals surface area (Å²) < 4.78 is 8.71. The third-order valence-corrected chi connectivity index (χ3v) is 7.18. The lowest BCUT2D eigenvalue weighted by Crippen LogP contribution is -2.21. The number of carbonyl (C=O) groups is 3. The second kappa shape index (κ2) is 12.8. The van der Waals surface area contributed by atoms with Crippen LogP contribution in [-0.4, -0.2) is 37.9 Å². The topological polar surface area (TPSA) is 147 Å². The number of hydrogen-bond acceptors (Lipinski definition) is 9. The molecule has 2 aromatic carbocycles. The number of benzene rings is 2. The second-order valence-corrected chi connectivity index (χ2v) is 11.1. The first-order chi connectivity index (χ1) is 19.5. The molecule has 10 nitrogen and oxygen atoms in total. The lowest BCUT2D eigenvalue weighted by molar-refractivity contribution is -0.150. The summed E-state index contributed by atoms with van der Waals surface area (Å²) >= 11 is 1.49. The van der Waals surface area contributed by atoms with E-state index in [2.05, 4.69) is 25.2 Å². The van der Waals surface area contributed by atoms with Crippen molar-refractivity contribution >= 4 is 41.0 Å². The molecule has 0 atom stereocenters. The third-order valence-electron chi connectivity index (χ3n) is 6.34. The van der Waals surface area contributed by atoms with E-state index in [0.717, 1.165) is 40.4 Å². The van der Waals surface area contributed by atoms with Gasteiger partial charge >= 0.3 is 5.97 Å². The number of anilines is 2. The van der Waals surface area contributed by atoms with E-state index in [1.165, 1.54) is 11.9 Å². The maximum Gasteiger partial charge on any atom is 0.372 e. The van der Waals surface area contributed by atoms with Crippen molar-refractivity contribution in [2.24, 2.45) is 11.3 Å². The number of carbonyl (C=O) groups excluding carboxylic acids is 2. The van der Waals surface area contributed by atoms with Crippen molar-refractivity contribution in [1.29, 1.82) is 0 Å². The van der Waals surface area contributed by atoms with Gasteiger partial charge in [0.25, 0.3) is 5.89 Å². The van der Waals surface area contributed by atoms with Crippen molar-refractivity contribution in [2.75, 3.05) is 10.0 Å². The molecule has 1 fully saturated rings. The lowest BCUT2D eigenvalue weighted by Gasteiger charge is -2.12. The summed E-state index contributed by atoms with van der Waals surface area (Å²) in [5.74, 6) is -1.47. The molecule has 0 saturated heterocycles. The summed E-state index contributed by atoms with van der Waals surface area (Å²) in [4.78, 5) is 42.2. The van der Waals surface area contributed by atoms with Gasteiger partial charge in [0.15, 0.2) is 0 Å². The average molecular weight is 574 g/mol. The van der Waals surface area contributed by atoms with E-state index in [4.69, 9.17) is 9.63 Å². The monoisotopic (exact) mass is 573 g/mol. The zero-order chi connectivity index (χ0) is 29.6. The highest BCUT2D eigenvalue weighted by Crippen LogP contribution is 2.45. The van der Waals surface area contributed by atoms with Crippen LogP contribution in [0.25, 0.3) is 23.0 Å². The largest absolute Gasteiger partial charge is 0.475 e. The molecule has 2 aromatic heterocycles. The summed E-state index contributed by atoms with van der Waals surface area (Å²) in [6.45, 7) is 7.03. The number of rotatable bonds is 9. The summed E-state index contributed by atoms with van der Waals surface area (Å²) in [5.41, 5.74) is 3.93. The van der Waals surface area contributed by atoms with Crippen molar-refractivity contribution in [1.82, 2.24) is 15.1 Å². The smallest absolute Gasteiger partial charge is 0.372 e. The minimum Gasteiger partial charge on any atom is -0.475 e. The van der Waals surface area contributed by atoms with Gasteiger partial charge in [0.05, 0.1) is 0 Å². The van der Waals surface area contributed by atoms with Crippen molar-refractivity contribution < 1.29 is 24.0 Å². The van der Waals surface area contributed by atoms with Crippen molar-refractivity contribution in [3.8, 4) is 23.0 Å². The number of aromatic nitrogens is 3. The van der Waals surface area contributed by atoms with Crippen molar-refractivity contribution in [2.45, 2.75) is 45.4 Å². The number of amides is 1. The van der Waals surface area contributed by atoms with Crippen molar-refractivity contribution in [3.05, 3.63) is 72.4 Å². The number of ketones is 1. The number of pyridine rings is 1. The summed E-state index contributed by atoms with van der Waals surface area (Å²) in [5, 5.41) is 15.1. The Bertz CT molecular complexity index is 1550. The molecule has 0 unspecified atom stereocenters. The molecular formula is C30H31N5O5S. The van der Waals surface area contributed by atoms with Gasteiger partial charge in [-0.2, -0.15) is 4.98 Å². The third kappa shape index (κ3) is 8.01. The number of nitrogens with one attached hydrogen (secondary N) is 2. The van der Waals surface area contributed by atoms with E-state index in [1.807, 2.05) is 80.6 Å². The second-order valence-electron chi connectivity index (χ2n) is 10.2. The standard InChI is InChI=1S/C25H23N5O2S.C5H8O3/c1-16-5-3-8-21(26-16)23-28-22(29-32-23)17-9-11-20(12-10-17)33-30-19-7-4-6-18(15-19)27-24(31)25(2)13-14-25;1-3(2)4(6)5(7)8/h3-12,15,30H,13-14H2,1-2H3,(H,27,31);3H,1-2H3,(H,7,8). The van der Waals surface area contributed by atoms with Crippen LogP contribution in [0.3, 0.4) is 0 Å². The van der Waals surface area contributed by atoms with Crippen LogP contribution >= 0.6 is 11.9 Å². The van der Waals surface area contributed by atoms with Crippen LogP contribution in [0, 0.1) is 18.3 Å². The molecule has 5 rings (SSSR count). The molecule has 0 spiro atoms. The van der Waals surface area contributed by atoms with Gasteiger partial charge in [0.1, 0.15) is 5.69 Å². The molecule has 0 bridgehead atoms. The van der Waals surface area contributed by atoms with Crippen LogP contribution in [0.5, 0.6) is 0 Å². The van der Waals surface area contributed by atoms with E-state index < -0.39 is 17.7 Å². The van der Waals surface area contributed by atoms with Gasteiger partial charge in [-0.05, 0) is 86.3 Å². The maximum absolute atomic E-state index is 12.3. The first kappa shape index (κ1) is 29.5. The fraction of sp³-hybridized carbons (Fsp3) is 0.267. The molecule has 1 aliphatic rings. The van der Waals surface area contributed by atoms with Crippen LogP contribution in [0.15, 0.2) is 76.1 Å². The molecule has 3 N–H and O–H groups in total. The molecule has 41 heavy (non-hydrogen) atoms. The fourth-order valence-corrected chi connectivity index (χ4v) is 4.14. The Hall–Kier alpha value is -4.51. The molecule has 2 heterocycles. The van der Waals surface area contributed by atoms with Crippen LogP contribution in [0.4, 0.5) is 11.4 Å². The number of nitrogens with zero attached hydrogens (tertiary/aromatic N) is 3. The Kier molecular flexibility index (Phi) is 9.18. The van der Waals surface area contributed by atoms with Gasteiger partial charge in [-0.1, -0.05) is 38.1 Å². The van der Waals surface area contributed by atoms with Gasteiger partial charge in [-0.15, -0.1) is 0 Å². The van der Waals surface area contributed by atoms with Crippen molar-refractivity contribution in [3.63, 3.8) is 0 Å². The summed E-state index contributed by atoms with van der Waals surface area (Å²) in [6.07, 6.45) is 1.91. The molecule has 4 aromatic rings. The fourth-order valence-electron chi connectivity index (χ4n) is 3.50. The Labute approximate surface area is 242 Å². The number of aryl methyl sites for hydroxylation is 1. The van der Waals surface area contributed by atoms with Gasteiger partial charge in [-0.3, -0.25) is 9.59 Å². The minimum atomic E-state index is -1.35. The number of Topliss-reactive ketones (excluding diaryl/α,β-unsaturated/α-hetero) is 1. The summed E-state index contributed by atoms with van der Waals surface area (Å²) in [6, 6.07) is 21.3. The average Bonchev–Trinajstić information content (AvgIpc) is 3.52. The molecule has 0 aliphatic heterocycles. The Balaban J connectivity index is 0.000000426. The van der Waals surface area contributed by atoms with Gasteiger partial charge in [-0.25, -0.2) is 9.78 Å². The molecule has 212 valence electrons. The molecule has 1 amide bonds. The van der Waals surface area contributed by atoms with Crippen LogP contribution in [-0.2, 0) is 14.4 Å². The first-order valence-corrected chi connectivity index (χ1v) is 13.9. The quantitative estimate of drug-likeness (QED) is 0.155. The minimum absolute atomic E-state index is 0.0886. The van der Waals surface area contributed by atoms with E-state index in [-0.39, 0.29) is 11.3 Å². The predicted octanol–water partition coefficient (Wildman–Crippen LogP) is 6.26. The highest BCUT2D eigenvalue weighted by molar-refractivity contribution is 8.00. The van der Waals surface area contributed by atoms with Crippen LogP contribution < -0.4 is 10.0 Å². The van der Waals surface area contributed by atoms with E-state index in [9.17, 15) is 14.4 Å². The molecule has 1 saturated carbocycles. The Morgan fingerprint density at radius 3 is 2.27 bits per heavy atom. The zero-order valence-electron chi connectivity index (χ0n) is 23.2. The Morgan fingerprint density at radius 1 is 0.976 bits per heavy atom. The van der Waals surface area contributed by atoms with Gasteiger partial charge in [0.2, 0.25) is 17.5 Å². The highest BCUT2D eigenvalue weighted by atomic mass is 32.2. The lowest BCUT2D eigenvalue weighted by atomic mass is 10.1. The van der Waals surface area contributed by atoms with Crippen LogP contribution in [0.1, 0.15) is 39.3 Å². The molecule has 11 heteroatoms.